The van der Waals surface area contributed by atoms with Gasteiger partial charge >= 0.3 is 0 Å². The van der Waals surface area contributed by atoms with Gasteiger partial charge in [0.25, 0.3) is 0 Å². The molecule has 0 radical (unpaired) electrons. The average molecular weight is 390 g/mol. The molecule has 2 aliphatic rings. The number of benzene rings is 2. The maximum atomic E-state index is 12.7. The number of hydrogen-bond acceptors (Lipinski definition) is 4. The summed E-state index contributed by atoms with van der Waals surface area (Å²) < 4.78 is 7.54. The van der Waals surface area contributed by atoms with E-state index in [0.29, 0.717) is 12.4 Å². The molecule has 1 saturated heterocycles. The molecule has 5 rings (SSSR count). The smallest absolute Gasteiger partial charge is 0.228 e. The molecule has 1 aliphatic heterocycles. The van der Waals surface area contributed by atoms with E-state index in [4.69, 9.17) is 9.84 Å². The first kappa shape index (κ1) is 18.2. The van der Waals surface area contributed by atoms with Gasteiger partial charge in [-0.25, -0.2) is 0 Å². The van der Waals surface area contributed by atoms with E-state index in [1.165, 1.54) is 5.56 Å². The van der Waals surface area contributed by atoms with E-state index < -0.39 is 0 Å². The summed E-state index contributed by atoms with van der Waals surface area (Å²) in [5, 5.41) is 9.02. The van der Waals surface area contributed by atoms with Crippen LogP contribution in [0.2, 0.25) is 0 Å². The van der Waals surface area contributed by atoms with Crippen LogP contribution in [0.15, 0.2) is 48.5 Å². The second kappa shape index (κ2) is 7.87. The second-order valence-electron chi connectivity index (χ2n) is 7.88. The van der Waals surface area contributed by atoms with Crippen LogP contribution in [0.4, 0.5) is 11.5 Å². The summed E-state index contributed by atoms with van der Waals surface area (Å²) in [7, 11) is 0. The third-order valence-corrected chi connectivity index (χ3v) is 6.00. The molecular weight excluding hydrogens is 364 g/mol. The Morgan fingerprint density at radius 2 is 1.86 bits per heavy atom. The minimum atomic E-state index is 0.0966. The van der Waals surface area contributed by atoms with Crippen LogP contribution in [0.25, 0.3) is 10.9 Å². The van der Waals surface area contributed by atoms with E-state index >= 15 is 0 Å². The van der Waals surface area contributed by atoms with E-state index in [2.05, 4.69) is 40.5 Å². The Balaban J connectivity index is 1.57. The molecule has 0 unspecified atom stereocenters. The quantitative estimate of drug-likeness (QED) is 0.722. The Morgan fingerprint density at radius 1 is 1.07 bits per heavy atom. The van der Waals surface area contributed by atoms with Gasteiger partial charge in [-0.3, -0.25) is 9.48 Å². The Morgan fingerprint density at radius 3 is 2.59 bits per heavy atom. The molecule has 150 valence electrons. The predicted molar refractivity (Wildman–Crippen MR) is 114 cm³/mol. The van der Waals surface area contributed by atoms with Gasteiger partial charge in [0, 0.05) is 19.0 Å². The topological polar surface area (TPSA) is 59.4 Å². The second-order valence-corrected chi connectivity index (χ2v) is 7.88. The van der Waals surface area contributed by atoms with E-state index in [1.807, 2.05) is 22.9 Å². The highest BCUT2D eigenvalue weighted by molar-refractivity contribution is 6.06. The maximum absolute atomic E-state index is 12.7. The Labute approximate surface area is 170 Å². The van der Waals surface area contributed by atoms with Crippen molar-refractivity contribution in [1.29, 1.82) is 0 Å². The zero-order valence-corrected chi connectivity index (χ0v) is 16.5. The van der Waals surface area contributed by atoms with Crippen LogP contribution in [0.1, 0.15) is 24.8 Å². The van der Waals surface area contributed by atoms with Crippen LogP contribution in [0.3, 0.4) is 0 Å². The minimum absolute atomic E-state index is 0.0966. The van der Waals surface area contributed by atoms with E-state index in [-0.39, 0.29) is 11.8 Å². The lowest BCUT2D eigenvalue weighted by atomic mass is 9.85. The van der Waals surface area contributed by atoms with Gasteiger partial charge in [0.2, 0.25) is 5.91 Å². The number of nitrogens with zero attached hydrogens (tertiary/aromatic N) is 3. The van der Waals surface area contributed by atoms with Crippen LogP contribution >= 0.6 is 0 Å². The molecule has 29 heavy (non-hydrogen) atoms. The molecule has 0 spiro atoms. The van der Waals surface area contributed by atoms with Gasteiger partial charge < -0.3 is 15.0 Å². The summed E-state index contributed by atoms with van der Waals surface area (Å²) in [6.45, 7) is 3.80. The number of anilines is 2. The van der Waals surface area contributed by atoms with Crippen LogP contribution < -0.4 is 10.2 Å². The number of amides is 1. The first-order valence-electron chi connectivity index (χ1n) is 10.5. The zero-order chi connectivity index (χ0) is 19.6. The molecule has 2 fully saturated rings. The molecule has 0 bridgehead atoms. The molecule has 0 atom stereocenters. The lowest BCUT2D eigenvalue weighted by Gasteiger charge is -2.29. The van der Waals surface area contributed by atoms with Crippen molar-refractivity contribution in [1.82, 2.24) is 9.78 Å². The Kier molecular flexibility index (Phi) is 4.94. The molecule has 1 N–H and O–H groups in total. The fraction of sp³-hybridized carbons (Fsp3) is 0.391. The molecule has 3 aromatic rings. The van der Waals surface area contributed by atoms with Crippen molar-refractivity contribution in [3.63, 3.8) is 0 Å². The molecule has 1 aromatic heterocycles. The van der Waals surface area contributed by atoms with Crippen molar-refractivity contribution in [3.05, 3.63) is 54.1 Å². The number of ether oxygens (including phenoxy) is 1. The standard InChI is InChI=1S/C23H26N4O2/c28-23(18-8-4-9-18)24-22-21-19(26-12-14-29-15-13-26)10-5-11-20(21)27(25-22)16-17-6-2-1-3-7-17/h1-3,5-7,10-11,18H,4,8-9,12-16H2,(H,24,25,28). The molecule has 6 heteroatoms. The van der Waals surface area contributed by atoms with Crippen LogP contribution in [-0.4, -0.2) is 42.0 Å². The molecule has 6 nitrogen and oxygen atoms in total. The number of morpholine rings is 1. The summed E-state index contributed by atoms with van der Waals surface area (Å²) in [6.07, 6.45) is 3.09. The Bertz CT molecular complexity index is 1000. The van der Waals surface area contributed by atoms with E-state index in [1.54, 1.807) is 0 Å². The highest BCUT2D eigenvalue weighted by Gasteiger charge is 2.27. The fourth-order valence-electron chi connectivity index (χ4n) is 4.13. The normalized spacial score (nSPS) is 17.3. The lowest BCUT2D eigenvalue weighted by Crippen LogP contribution is -2.36. The maximum Gasteiger partial charge on any atom is 0.228 e. The molecule has 1 saturated carbocycles. The van der Waals surface area contributed by atoms with Crippen molar-refractivity contribution in [2.75, 3.05) is 36.5 Å². The Hall–Kier alpha value is -2.86. The fourth-order valence-corrected chi connectivity index (χ4v) is 4.13. The van der Waals surface area contributed by atoms with Gasteiger partial charge in [0.1, 0.15) is 0 Å². The van der Waals surface area contributed by atoms with Gasteiger partial charge in [-0.2, -0.15) is 5.10 Å². The van der Waals surface area contributed by atoms with Crippen LogP contribution in [0.5, 0.6) is 0 Å². The lowest BCUT2D eigenvalue weighted by molar-refractivity contribution is -0.122. The van der Waals surface area contributed by atoms with Gasteiger partial charge in [0.15, 0.2) is 5.82 Å². The number of carbonyl (C=O) groups excluding carboxylic acids is 1. The van der Waals surface area contributed by atoms with Crippen LogP contribution in [0, 0.1) is 5.92 Å². The molecule has 2 heterocycles. The van der Waals surface area contributed by atoms with Crippen molar-refractivity contribution < 1.29 is 9.53 Å². The third-order valence-electron chi connectivity index (χ3n) is 6.00. The van der Waals surface area contributed by atoms with Crippen molar-refractivity contribution in [2.24, 2.45) is 5.92 Å². The molecule has 1 aliphatic carbocycles. The SMILES string of the molecule is O=C(Nc1nn(Cc2ccccc2)c2cccc(N3CCOCC3)c12)C1CCC1. The van der Waals surface area contributed by atoms with E-state index in [9.17, 15) is 4.79 Å². The van der Waals surface area contributed by atoms with Crippen molar-refractivity contribution >= 4 is 28.3 Å². The summed E-state index contributed by atoms with van der Waals surface area (Å²) in [5.41, 5.74) is 3.35. The van der Waals surface area contributed by atoms with Gasteiger partial charge in [-0.15, -0.1) is 0 Å². The largest absolute Gasteiger partial charge is 0.378 e. The zero-order valence-electron chi connectivity index (χ0n) is 16.5. The average Bonchev–Trinajstić information content (AvgIpc) is 3.05. The summed E-state index contributed by atoms with van der Waals surface area (Å²) in [5.74, 6) is 0.897. The van der Waals surface area contributed by atoms with Crippen molar-refractivity contribution in [3.8, 4) is 0 Å². The molecule has 1 amide bonds. The number of hydrogen-bond donors (Lipinski definition) is 1. The van der Waals surface area contributed by atoms with Crippen LogP contribution in [-0.2, 0) is 16.1 Å². The number of fused-ring (bicyclic) bond motifs is 1. The third kappa shape index (κ3) is 3.60. The summed E-state index contributed by atoms with van der Waals surface area (Å²) >= 11 is 0. The summed E-state index contributed by atoms with van der Waals surface area (Å²) in [6, 6.07) is 16.6. The highest BCUT2D eigenvalue weighted by atomic mass is 16.5. The van der Waals surface area contributed by atoms with Crippen molar-refractivity contribution in [2.45, 2.75) is 25.8 Å². The predicted octanol–water partition coefficient (Wildman–Crippen LogP) is 3.66. The molecular formula is C23H26N4O2. The monoisotopic (exact) mass is 390 g/mol. The van der Waals surface area contributed by atoms with Gasteiger partial charge in [0.05, 0.1) is 36.3 Å². The summed E-state index contributed by atoms with van der Waals surface area (Å²) in [4.78, 5) is 15.0. The first-order valence-corrected chi connectivity index (χ1v) is 10.5. The first-order chi connectivity index (χ1) is 14.3. The van der Waals surface area contributed by atoms with E-state index in [0.717, 1.165) is 62.2 Å². The highest BCUT2D eigenvalue weighted by Crippen LogP contribution is 2.35. The number of nitrogens with one attached hydrogen (secondary N) is 1. The molecule has 2 aromatic carbocycles. The number of carbonyl (C=O) groups is 1. The number of rotatable bonds is 5. The number of aromatic nitrogens is 2. The van der Waals surface area contributed by atoms with Gasteiger partial charge in [-0.05, 0) is 30.5 Å². The van der Waals surface area contributed by atoms with Gasteiger partial charge in [-0.1, -0.05) is 42.8 Å². The minimum Gasteiger partial charge on any atom is -0.378 e.